The molecular weight excluding hydrogens is 344 g/mol. The second-order valence-corrected chi connectivity index (χ2v) is 6.98. The van der Waals surface area contributed by atoms with E-state index in [1.807, 2.05) is 51.9 Å². The van der Waals surface area contributed by atoms with Crippen LogP contribution in [0.2, 0.25) is 0 Å². The van der Waals surface area contributed by atoms with E-state index < -0.39 is 4.92 Å². The molecule has 0 fully saturated rings. The largest absolute Gasteiger partial charge is 0.378 e. The lowest BCUT2D eigenvalue weighted by molar-refractivity contribution is -0.384. The number of nitrogens with one attached hydrogen (secondary N) is 2. The van der Waals surface area contributed by atoms with Crippen LogP contribution >= 0.6 is 0 Å². The van der Waals surface area contributed by atoms with Crippen LogP contribution in [-0.4, -0.2) is 31.0 Å². The molecule has 2 aromatic rings. The minimum absolute atomic E-state index is 0.0394. The molecule has 0 aliphatic heterocycles. The van der Waals surface area contributed by atoms with E-state index >= 15 is 0 Å². The zero-order valence-electron chi connectivity index (χ0n) is 16.4. The van der Waals surface area contributed by atoms with E-state index in [0.29, 0.717) is 12.2 Å². The SMILES string of the molecule is Cc1cc(N(C)C)ccc1CNc1ccc(C(=O)NC(C)C)cc1[N+](=O)[O-]. The van der Waals surface area contributed by atoms with E-state index in [1.54, 1.807) is 12.1 Å². The summed E-state index contributed by atoms with van der Waals surface area (Å²) >= 11 is 0. The summed E-state index contributed by atoms with van der Waals surface area (Å²) in [6, 6.07) is 10.5. The molecule has 7 heteroatoms. The van der Waals surface area contributed by atoms with E-state index in [0.717, 1.165) is 16.8 Å². The first-order valence-electron chi connectivity index (χ1n) is 8.79. The molecule has 0 atom stereocenters. The van der Waals surface area contributed by atoms with Crippen molar-refractivity contribution in [1.82, 2.24) is 5.32 Å². The monoisotopic (exact) mass is 370 g/mol. The Morgan fingerprint density at radius 2 is 1.89 bits per heavy atom. The highest BCUT2D eigenvalue weighted by atomic mass is 16.6. The predicted molar refractivity (Wildman–Crippen MR) is 109 cm³/mol. The number of carbonyl (C=O) groups excluding carboxylic acids is 1. The van der Waals surface area contributed by atoms with Crippen molar-refractivity contribution in [2.24, 2.45) is 0 Å². The van der Waals surface area contributed by atoms with E-state index in [4.69, 9.17) is 0 Å². The number of hydrogen-bond donors (Lipinski definition) is 2. The minimum atomic E-state index is -0.476. The smallest absolute Gasteiger partial charge is 0.293 e. The quantitative estimate of drug-likeness (QED) is 0.573. The fourth-order valence-corrected chi connectivity index (χ4v) is 2.67. The van der Waals surface area contributed by atoms with Gasteiger partial charge in [0.2, 0.25) is 0 Å². The Labute approximate surface area is 159 Å². The fraction of sp³-hybridized carbons (Fsp3) is 0.350. The minimum Gasteiger partial charge on any atom is -0.378 e. The molecule has 0 unspecified atom stereocenters. The van der Waals surface area contributed by atoms with E-state index in [1.165, 1.54) is 6.07 Å². The number of aryl methyl sites for hydroxylation is 1. The predicted octanol–water partition coefficient (Wildman–Crippen LogP) is 3.72. The van der Waals surface area contributed by atoms with Crippen LogP contribution in [0.3, 0.4) is 0 Å². The van der Waals surface area contributed by atoms with Crippen molar-refractivity contribution < 1.29 is 9.72 Å². The molecule has 0 aromatic heterocycles. The van der Waals surface area contributed by atoms with Crippen molar-refractivity contribution in [3.05, 3.63) is 63.2 Å². The van der Waals surface area contributed by atoms with Crippen LogP contribution in [-0.2, 0) is 6.54 Å². The molecule has 0 aliphatic rings. The molecule has 0 spiro atoms. The topological polar surface area (TPSA) is 87.5 Å². The second kappa shape index (κ2) is 8.53. The number of amides is 1. The fourth-order valence-electron chi connectivity index (χ4n) is 2.67. The molecule has 0 radical (unpaired) electrons. The molecule has 7 nitrogen and oxygen atoms in total. The summed E-state index contributed by atoms with van der Waals surface area (Å²) in [5.41, 5.74) is 3.79. The van der Waals surface area contributed by atoms with Gasteiger partial charge in [0, 0.05) is 44.0 Å². The Morgan fingerprint density at radius 1 is 1.19 bits per heavy atom. The maximum Gasteiger partial charge on any atom is 0.293 e. The summed E-state index contributed by atoms with van der Waals surface area (Å²) in [7, 11) is 3.96. The van der Waals surface area contributed by atoms with E-state index in [2.05, 4.69) is 16.7 Å². The standard InChI is InChI=1S/C20H26N4O3/c1-13(2)22-20(25)15-7-9-18(19(11-15)24(26)27)21-12-16-6-8-17(23(4)5)10-14(16)3/h6-11,13,21H,12H2,1-5H3,(H,22,25). The third-order valence-corrected chi connectivity index (χ3v) is 4.19. The maximum absolute atomic E-state index is 12.1. The maximum atomic E-state index is 12.1. The average molecular weight is 370 g/mol. The summed E-state index contributed by atoms with van der Waals surface area (Å²) in [5, 5.41) is 17.3. The summed E-state index contributed by atoms with van der Waals surface area (Å²) < 4.78 is 0. The lowest BCUT2D eigenvalue weighted by Gasteiger charge is -2.16. The number of nitrogens with zero attached hydrogens (tertiary/aromatic N) is 2. The first-order chi connectivity index (χ1) is 12.7. The van der Waals surface area contributed by atoms with Crippen molar-refractivity contribution in [2.75, 3.05) is 24.3 Å². The molecule has 0 saturated carbocycles. The van der Waals surface area contributed by atoms with E-state index in [9.17, 15) is 14.9 Å². The molecule has 27 heavy (non-hydrogen) atoms. The molecule has 0 heterocycles. The van der Waals surface area contributed by atoms with Crippen molar-refractivity contribution in [3.8, 4) is 0 Å². The molecule has 0 aliphatic carbocycles. The van der Waals surface area contributed by atoms with Crippen LogP contribution in [0.25, 0.3) is 0 Å². The Bertz CT molecular complexity index is 847. The highest BCUT2D eigenvalue weighted by molar-refractivity contribution is 5.95. The van der Waals surface area contributed by atoms with E-state index in [-0.39, 0.29) is 23.2 Å². The zero-order valence-corrected chi connectivity index (χ0v) is 16.4. The van der Waals surface area contributed by atoms with Crippen LogP contribution in [0.15, 0.2) is 36.4 Å². The number of nitro groups is 1. The lowest BCUT2D eigenvalue weighted by Crippen LogP contribution is -2.30. The van der Waals surface area contributed by atoms with Crippen molar-refractivity contribution in [3.63, 3.8) is 0 Å². The van der Waals surface area contributed by atoms with Crippen LogP contribution in [0.4, 0.5) is 17.1 Å². The van der Waals surface area contributed by atoms with Gasteiger partial charge < -0.3 is 15.5 Å². The highest BCUT2D eigenvalue weighted by Gasteiger charge is 2.18. The van der Waals surface area contributed by atoms with Crippen LogP contribution < -0.4 is 15.5 Å². The van der Waals surface area contributed by atoms with Crippen molar-refractivity contribution in [1.29, 1.82) is 0 Å². The first kappa shape index (κ1) is 20.2. The van der Waals surface area contributed by atoms with Gasteiger partial charge in [-0.25, -0.2) is 0 Å². The number of benzene rings is 2. The second-order valence-electron chi connectivity index (χ2n) is 6.98. The third-order valence-electron chi connectivity index (χ3n) is 4.19. The Balaban J connectivity index is 2.21. The summed E-state index contributed by atoms with van der Waals surface area (Å²) in [6.07, 6.45) is 0. The number of anilines is 2. The number of carbonyl (C=O) groups is 1. The van der Waals surface area contributed by atoms with Gasteiger partial charge in [0.25, 0.3) is 11.6 Å². The molecule has 2 aromatic carbocycles. The normalized spacial score (nSPS) is 10.6. The van der Waals surface area contributed by atoms with Gasteiger partial charge >= 0.3 is 0 Å². The average Bonchev–Trinajstić information content (AvgIpc) is 2.59. The van der Waals surface area contributed by atoms with Gasteiger partial charge in [-0.15, -0.1) is 0 Å². The Hall–Kier alpha value is -3.09. The number of hydrogen-bond acceptors (Lipinski definition) is 5. The molecule has 0 bridgehead atoms. The highest BCUT2D eigenvalue weighted by Crippen LogP contribution is 2.27. The van der Waals surface area contributed by atoms with Crippen molar-refractivity contribution in [2.45, 2.75) is 33.4 Å². The van der Waals surface area contributed by atoms with Gasteiger partial charge in [-0.2, -0.15) is 0 Å². The third kappa shape index (κ3) is 5.20. The number of nitro benzene ring substituents is 1. The number of rotatable bonds is 7. The van der Waals surface area contributed by atoms with Crippen molar-refractivity contribution >= 4 is 23.0 Å². The van der Waals surface area contributed by atoms with Gasteiger partial charge in [-0.3, -0.25) is 14.9 Å². The molecule has 144 valence electrons. The van der Waals surface area contributed by atoms with Crippen LogP contribution in [0.5, 0.6) is 0 Å². The van der Waals surface area contributed by atoms with Gasteiger partial charge in [0.1, 0.15) is 5.69 Å². The van der Waals surface area contributed by atoms with Gasteiger partial charge in [-0.1, -0.05) is 6.07 Å². The lowest BCUT2D eigenvalue weighted by atomic mass is 10.1. The zero-order chi connectivity index (χ0) is 20.1. The summed E-state index contributed by atoms with van der Waals surface area (Å²) in [4.78, 5) is 25.1. The van der Waals surface area contributed by atoms with Gasteiger partial charge in [0.15, 0.2) is 0 Å². The Morgan fingerprint density at radius 3 is 2.44 bits per heavy atom. The molecule has 1 amide bonds. The Kier molecular flexibility index (Phi) is 6.39. The molecule has 2 N–H and O–H groups in total. The molecule has 2 rings (SSSR count). The van der Waals surface area contributed by atoms with Gasteiger partial charge in [-0.05, 0) is 56.2 Å². The summed E-state index contributed by atoms with van der Waals surface area (Å²) in [6.45, 7) is 6.15. The first-order valence-corrected chi connectivity index (χ1v) is 8.79. The summed E-state index contributed by atoms with van der Waals surface area (Å²) in [5.74, 6) is -0.324. The van der Waals surface area contributed by atoms with Crippen LogP contribution in [0.1, 0.15) is 35.3 Å². The molecule has 0 saturated heterocycles. The van der Waals surface area contributed by atoms with Crippen LogP contribution in [0, 0.1) is 17.0 Å². The van der Waals surface area contributed by atoms with Gasteiger partial charge in [0.05, 0.1) is 4.92 Å². The molecular formula is C20H26N4O3.